The van der Waals surface area contributed by atoms with Crippen molar-refractivity contribution in [1.29, 1.82) is 0 Å². The molecule has 0 fully saturated rings. The molecule has 1 aromatic heterocycles. The van der Waals surface area contributed by atoms with Crippen LogP contribution in [-0.4, -0.2) is 30.8 Å². The quantitative estimate of drug-likeness (QED) is 0.776. The molecule has 3 nitrogen and oxygen atoms in total. The maximum absolute atomic E-state index is 5.55. The van der Waals surface area contributed by atoms with Gasteiger partial charge in [0.2, 0.25) is 0 Å². The summed E-state index contributed by atoms with van der Waals surface area (Å²) in [6.07, 6.45) is 3.40. The first-order chi connectivity index (χ1) is 8.21. The summed E-state index contributed by atoms with van der Waals surface area (Å²) in [6.45, 7) is 7.44. The lowest BCUT2D eigenvalue weighted by atomic mass is 10.0. The van der Waals surface area contributed by atoms with E-state index >= 15 is 0 Å². The van der Waals surface area contributed by atoms with E-state index in [0.717, 1.165) is 30.8 Å². The van der Waals surface area contributed by atoms with Crippen molar-refractivity contribution in [2.45, 2.75) is 52.2 Å². The maximum atomic E-state index is 5.55. The highest BCUT2D eigenvalue weighted by Crippen LogP contribution is 2.14. The highest BCUT2D eigenvalue weighted by atomic mass is 32.1. The Morgan fingerprint density at radius 3 is 2.71 bits per heavy atom. The molecule has 0 aliphatic heterocycles. The molecule has 1 N–H and O–H groups in total. The fraction of sp³-hybridized carbons (Fsp3) is 0.769. The number of hydrogen-bond acceptors (Lipinski definition) is 4. The lowest BCUT2D eigenvalue weighted by molar-refractivity contribution is 0.0651. The van der Waals surface area contributed by atoms with Crippen LogP contribution in [0.2, 0.25) is 0 Å². The summed E-state index contributed by atoms with van der Waals surface area (Å²) in [5, 5.41) is 6.86. The van der Waals surface area contributed by atoms with Gasteiger partial charge >= 0.3 is 0 Å². The van der Waals surface area contributed by atoms with E-state index in [1.54, 1.807) is 18.4 Å². The molecule has 1 heterocycles. The first kappa shape index (κ1) is 14.6. The fourth-order valence-corrected chi connectivity index (χ4v) is 2.63. The molecule has 0 spiro atoms. The van der Waals surface area contributed by atoms with Crippen LogP contribution in [0.15, 0.2) is 5.38 Å². The predicted octanol–water partition coefficient (Wildman–Crippen LogP) is 2.79. The predicted molar refractivity (Wildman–Crippen MR) is 73.7 cm³/mol. The summed E-state index contributed by atoms with van der Waals surface area (Å²) in [5.41, 5.74) is 1.18. The number of nitrogens with one attached hydrogen (secondary N) is 1. The van der Waals surface area contributed by atoms with Gasteiger partial charge in [-0.2, -0.15) is 0 Å². The fourth-order valence-electron chi connectivity index (χ4n) is 2.01. The molecule has 0 aromatic carbocycles. The number of nitrogens with zero attached hydrogens (tertiary/aromatic N) is 1. The monoisotopic (exact) mass is 256 g/mol. The summed E-state index contributed by atoms with van der Waals surface area (Å²) in [4.78, 5) is 4.53. The summed E-state index contributed by atoms with van der Waals surface area (Å²) in [6, 6.07) is 0.367. The molecule has 2 atom stereocenters. The van der Waals surface area contributed by atoms with Crippen molar-refractivity contribution in [3.63, 3.8) is 0 Å². The number of thiazole rings is 1. The molecule has 4 heteroatoms. The number of hydrogen-bond donors (Lipinski definition) is 1. The van der Waals surface area contributed by atoms with Crippen LogP contribution < -0.4 is 5.32 Å². The molecule has 2 unspecified atom stereocenters. The Morgan fingerprint density at radius 2 is 2.24 bits per heavy atom. The summed E-state index contributed by atoms with van der Waals surface area (Å²) >= 11 is 1.72. The first-order valence-corrected chi connectivity index (χ1v) is 7.26. The van der Waals surface area contributed by atoms with Crippen LogP contribution >= 0.6 is 11.3 Å². The molecule has 1 aromatic rings. The minimum Gasteiger partial charge on any atom is -0.380 e. The van der Waals surface area contributed by atoms with Crippen LogP contribution in [-0.2, 0) is 11.2 Å². The van der Waals surface area contributed by atoms with E-state index in [1.165, 1.54) is 5.69 Å². The second-order valence-electron chi connectivity index (χ2n) is 4.31. The minimum absolute atomic E-state index is 0.267. The van der Waals surface area contributed by atoms with Crippen molar-refractivity contribution in [1.82, 2.24) is 10.3 Å². The summed E-state index contributed by atoms with van der Waals surface area (Å²) in [7, 11) is 1.79. The minimum atomic E-state index is 0.267. The third kappa shape index (κ3) is 4.74. The van der Waals surface area contributed by atoms with Crippen LogP contribution in [0.4, 0.5) is 0 Å². The highest BCUT2D eigenvalue weighted by molar-refractivity contribution is 7.09. The Morgan fingerprint density at radius 1 is 1.47 bits per heavy atom. The molecule has 1 rings (SSSR count). The molecule has 0 radical (unpaired) electrons. The van der Waals surface area contributed by atoms with Gasteiger partial charge in [-0.25, -0.2) is 4.98 Å². The molecule has 0 bridgehead atoms. The van der Waals surface area contributed by atoms with Gasteiger partial charge in [0.25, 0.3) is 0 Å². The molecule has 0 amide bonds. The van der Waals surface area contributed by atoms with Gasteiger partial charge in [-0.1, -0.05) is 13.8 Å². The Balaban J connectivity index is 2.61. The second-order valence-corrected chi connectivity index (χ2v) is 5.37. The van der Waals surface area contributed by atoms with Gasteiger partial charge in [-0.05, 0) is 26.3 Å². The first-order valence-electron chi connectivity index (χ1n) is 6.38. The zero-order valence-corrected chi connectivity index (χ0v) is 12.1. The van der Waals surface area contributed by atoms with Gasteiger partial charge in [-0.3, -0.25) is 0 Å². The number of aromatic nitrogens is 1. The molecule has 98 valence electrons. The van der Waals surface area contributed by atoms with Crippen molar-refractivity contribution >= 4 is 11.3 Å². The largest absolute Gasteiger partial charge is 0.380 e. The number of aryl methyl sites for hydroxylation is 1. The van der Waals surface area contributed by atoms with Gasteiger partial charge < -0.3 is 10.1 Å². The van der Waals surface area contributed by atoms with E-state index in [1.807, 2.05) is 0 Å². The molecule has 0 saturated carbocycles. The van der Waals surface area contributed by atoms with Crippen LogP contribution in [0, 0.1) is 6.92 Å². The third-order valence-corrected chi connectivity index (χ3v) is 3.73. The Labute approximate surface area is 109 Å². The molecular weight excluding hydrogens is 232 g/mol. The topological polar surface area (TPSA) is 34.2 Å². The second kappa shape index (κ2) is 7.80. The Bertz CT molecular complexity index is 310. The summed E-state index contributed by atoms with van der Waals surface area (Å²) < 4.78 is 5.55. The SMILES string of the molecule is CCCNC(Cc1csc(C)n1)C(CC)OC. The van der Waals surface area contributed by atoms with Gasteiger partial charge in [-0.15, -0.1) is 11.3 Å². The highest BCUT2D eigenvalue weighted by Gasteiger charge is 2.20. The van der Waals surface area contributed by atoms with Crippen LogP contribution in [0.1, 0.15) is 37.4 Å². The smallest absolute Gasteiger partial charge is 0.0897 e. The third-order valence-electron chi connectivity index (χ3n) is 2.91. The van der Waals surface area contributed by atoms with Crippen LogP contribution in [0.3, 0.4) is 0 Å². The lowest BCUT2D eigenvalue weighted by Gasteiger charge is -2.25. The van der Waals surface area contributed by atoms with E-state index in [9.17, 15) is 0 Å². The maximum Gasteiger partial charge on any atom is 0.0897 e. The lowest BCUT2D eigenvalue weighted by Crippen LogP contribution is -2.42. The zero-order valence-electron chi connectivity index (χ0n) is 11.3. The van der Waals surface area contributed by atoms with Gasteiger partial charge in [0.05, 0.1) is 16.8 Å². The number of ether oxygens (including phenoxy) is 1. The van der Waals surface area contributed by atoms with Gasteiger partial charge in [0.15, 0.2) is 0 Å². The zero-order chi connectivity index (χ0) is 12.7. The standard InChI is InChI=1S/C13H24N2OS/c1-5-7-14-12(13(6-2)16-4)8-11-9-17-10(3)15-11/h9,12-14H,5-8H2,1-4H3. The van der Waals surface area contributed by atoms with Crippen LogP contribution in [0.5, 0.6) is 0 Å². The van der Waals surface area contributed by atoms with E-state index in [-0.39, 0.29) is 6.10 Å². The normalized spacial score (nSPS) is 14.8. The molecular formula is C13H24N2OS. The Hall–Kier alpha value is -0.450. The van der Waals surface area contributed by atoms with Crippen molar-refractivity contribution < 1.29 is 4.74 Å². The molecule has 0 saturated heterocycles. The Kier molecular flexibility index (Phi) is 6.70. The molecule has 17 heavy (non-hydrogen) atoms. The van der Waals surface area contributed by atoms with E-state index in [0.29, 0.717) is 6.04 Å². The van der Waals surface area contributed by atoms with Gasteiger partial charge in [0.1, 0.15) is 0 Å². The van der Waals surface area contributed by atoms with Crippen molar-refractivity contribution in [2.24, 2.45) is 0 Å². The van der Waals surface area contributed by atoms with E-state index in [4.69, 9.17) is 4.74 Å². The van der Waals surface area contributed by atoms with Gasteiger partial charge in [0, 0.05) is 25.0 Å². The molecule has 0 aliphatic carbocycles. The van der Waals surface area contributed by atoms with E-state index < -0.39 is 0 Å². The van der Waals surface area contributed by atoms with Crippen molar-refractivity contribution in [2.75, 3.05) is 13.7 Å². The summed E-state index contributed by atoms with van der Waals surface area (Å²) in [5.74, 6) is 0. The number of methoxy groups -OCH3 is 1. The van der Waals surface area contributed by atoms with Crippen molar-refractivity contribution in [3.8, 4) is 0 Å². The number of rotatable bonds is 8. The average Bonchev–Trinajstić information content (AvgIpc) is 2.73. The van der Waals surface area contributed by atoms with E-state index in [2.05, 4.69) is 36.5 Å². The van der Waals surface area contributed by atoms with Crippen molar-refractivity contribution in [3.05, 3.63) is 16.1 Å². The van der Waals surface area contributed by atoms with Crippen LogP contribution in [0.25, 0.3) is 0 Å². The molecule has 0 aliphatic rings. The average molecular weight is 256 g/mol.